The fourth-order valence-corrected chi connectivity index (χ4v) is 4.97. The van der Waals surface area contributed by atoms with Crippen molar-refractivity contribution in [1.29, 1.82) is 0 Å². The van der Waals surface area contributed by atoms with Crippen molar-refractivity contribution in [3.8, 4) is 10.7 Å². The molecule has 0 saturated carbocycles. The number of aromatic nitrogens is 2. The molecule has 25 heavy (non-hydrogen) atoms. The Balaban J connectivity index is 1.95. The molecule has 0 radical (unpaired) electrons. The monoisotopic (exact) mass is 471 g/mol. The lowest BCUT2D eigenvalue weighted by Crippen LogP contribution is -2.25. The number of methoxy groups -OCH3 is 1. The molecule has 5 nitrogen and oxygen atoms in total. The second-order valence-corrected chi connectivity index (χ2v) is 8.34. The van der Waals surface area contributed by atoms with Gasteiger partial charge in [0.2, 0.25) is 0 Å². The van der Waals surface area contributed by atoms with Crippen LogP contribution in [0, 0.1) is 9.39 Å². The summed E-state index contributed by atoms with van der Waals surface area (Å²) >= 11 is 3.68. The van der Waals surface area contributed by atoms with E-state index in [0.29, 0.717) is 20.4 Å². The van der Waals surface area contributed by atoms with Gasteiger partial charge < -0.3 is 9.64 Å². The maximum atomic E-state index is 13.9. The summed E-state index contributed by atoms with van der Waals surface area (Å²) in [7, 11) is 3.41. The lowest BCUT2D eigenvalue weighted by atomic mass is 10.1. The number of ether oxygens (including phenoxy) is 1. The average Bonchev–Trinajstić information content (AvgIpc) is 3.14. The fraction of sp³-hybridized carbons (Fsp3) is 0.294. The maximum absolute atomic E-state index is 13.9. The molecule has 8 heteroatoms. The van der Waals surface area contributed by atoms with E-state index >= 15 is 0 Å². The van der Waals surface area contributed by atoms with Gasteiger partial charge in [-0.3, -0.25) is 0 Å². The summed E-state index contributed by atoms with van der Waals surface area (Å²) in [6.07, 6.45) is 0.420. The minimum absolute atomic E-state index is 0.402. The number of hydrogen-bond donors (Lipinski definition) is 0. The zero-order chi connectivity index (χ0) is 17.7. The number of fused-ring (bicyclic) bond motifs is 2. The Hall–Kier alpha value is -1.52. The van der Waals surface area contributed by atoms with Crippen molar-refractivity contribution >= 4 is 51.1 Å². The van der Waals surface area contributed by atoms with Crippen molar-refractivity contribution in [2.45, 2.75) is 13.0 Å². The highest BCUT2D eigenvalue weighted by Gasteiger charge is 2.24. The van der Waals surface area contributed by atoms with Crippen molar-refractivity contribution in [3.05, 3.63) is 38.0 Å². The van der Waals surface area contributed by atoms with Crippen molar-refractivity contribution in [2.24, 2.45) is 0 Å². The molecule has 0 saturated heterocycles. The number of likely N-dealkylation sites (N-methyl/N-ethyl adjacent to an activating group) is 1. The van der Waals surface area contributed by atoms with Crippen LogP contribution in [0.2, 0.25) is 0 Å². The summed E-state index contributed by atoms with van der Waals surface area (Å²) in [6.45, 7) is 1.90. The van der Waals surface area contributed by atoms with E-state index < -0.39 is 11.9 Å². The molecule has 0 N–H and O–H groups in total. The van der Waals surface area contributed by atoms with E-state index in [2.05, 4.69) is 23.0 Å². The first-order valence-corrected chi connectivity index (χ1v) is 9.63. The van der Waals surface area contributed by atoms with Gasteiger partial charge in [-0.2, -0.15) is 0 Å². The summed E-state index contributed by atoms with van der Waals surface area (Å²) < 4.78 is 20.8. The maximum Gasteiger partial charge on any atom is 0.420 e. The lowest BCUT2D eigenvalue weighted by molar-refractivity contribution is 0.174. The smallest absolute Gasteiger partial charge is 0.420 e. The highest BCUT2D eigenvalue weighted by molar-refractivity contribution is 14.1. The third-order valence-corrected chi connectivity index (χ3v) is 6.37. The van der Waals surface area contributed by atoms with E-state index in [9.17, 15) is 9.18 Å². The topological polar surface area (TPSA) is 47.4 Å². The van der Waals surface area contributed by atoms with Gasteiger partial charge in [0.15, 0.2) is 5.82 Å². The predicted molar refractivity (Wildman–Crippen MR) is 104 cm³/mol. The first kappa shape index (κ1) is 16.9. The Kier molecular flexibility index (Phi) is 4.28. The van der Waals surface area contributed by atoms with Crippen LogP contribution in [-0.2, 0) is 17.7 Å². The summed E-state index contributed by atoms with van der Waals surface area (Å²) in [5.41, 5.74) is 2.29. The second-order valence-electron chi connectivity index (χ2n) is 6.04. The zero-order valence-electron chi connectivity index (χ0n) is 13.7. The van der Waals surface area contributed by atoms with Gasteiger partial charge in [-0.05, 0) is 53.8 Å². The largest absolute Gasteiger partial charge is 0.452 e. The quantitative estimate of drug-likeness (QED) is 0.502. The lowest BCUT2D eigenvalue weighted by Gasteiger charge is -2.21. The van der Waals surface area contributed by atoms with E-state index in [0.717, 1.165) is 24.4 Å². The fourth-order valence-electron chi connectivity index (χ4n) is 3.13. The number of benzene rings is 1. The number of carbonyl (C=O) groups is 1. The summed E-state index contributed by atoms with van der Waals surface area (Å²) in [6, 6.07) is 4.82. The molecule has 2 aromatic heterocycles. The number of thiophene rings is 1. The first-order chi connectivity index (χ1) is 12.0. The van der Waals surface area contributed by atoms with E-state index in [1.807, 2.05) is 22.6 Å². The summed E-state index contributed by atoms with van der Waals surface area (Å²) in [4.78, 5) is 21.5. The van der Waals surface area contributed by atoms with Gasteiger partial charge in [0.1, 0.15) is 11.3 Å². The molecule has 0 aliphatic carbocycles. The van der Waals surface area contributed by atoms with Crippen LogP contribution in [0.5, 0.6) is 0 Å². The van der Waals surface area contributed by atoms with Gasteiger partial charge >= 0.3 is 6.09 Å². The predicted octanol–water partition coefficient (Wildman–Crippen LogP) is 4.11. The van der Waals surface area contributed by atoms with Crippen LogP contribution in [0.25, 0.3) is 21.7 Å². The summed E-state index contributed by atoms with van der Waals surface area (Å²) in [5, 5.41) is 0. The van der Waals surface area contributed by atoms with E-state index in [1.54, 1.807) is 11.3 Å². The van der Waals surface area contributed by atoms with Gasteiger partial charge in [-0.15, -0.1) is 11.3 Å². The Morgan fingerprint density at radius 1 is 1.40 bits per heavy atom. The minimum Gasteiger partial charge on any atom is -0.452 e. The minimum atomic E-state index is -0.567. The molecule has 1 aliphatic rings. The van der Waals surface area contributed by atoms with Gasteiger partial charge in [-0.25, -0.2) is 18.7 Å². The Labute approximate surface area is 161 Å². The average molecular weight is 471 g/mol. The molecule has 4 rings (SSSR count). The molecule has 3 heterocycles. The van der Waals surface area contributed by atoms with Crippen LogP contribution in [0.3, 0.4) is 0 Å². The number of hydrogen-bond acceptors (Lipinski definition) is 5. The van der Waals surface area contributed by atoms with Crippen LogP contribution in [0.1, 0.15) is 10.4 Å². The van der Waals surface area contributed by atoms with Crippen molar-refractivity contribution in [1.82, 2.24) is 14.5 Å². The molecule has 0 atom stereocenters. The normalized spacial score (nSPS) is 14.7. The zero-order valence-corrected chi connectivity index (χ0v) is 16.6. The van der Waals surface area contributed by atoms with Crippen molar-refractivity contribution in [3.63, 3.8) is 0 Å². The standard InChI is InChI=1S/C17H15FIN3O2S/c1-21-4-3-13-9(8-21)5-14(25-13)16-20-15-11(19)6-10(18)7-12(15)22(16)17(23)24-2/h5-7H,3-4,8H2,1-2H3. The Bertz CT molecular complexity index is 998. The molecule has 1 aromatic carbocycles. The van der Waals surface area contributed by atoms with Crippen LogP contribution >= 0.6 is 33.9 Å². The van der Waals surface area contributed by atoms with Gasteiger partial charge in [0.25, 0.3) is 0 Å². The third kappa shape index (κ3) is 2.85. The van der Waals surface area contributed by atoms with Gasteiger partial charge in [0, 0.05) is 27.6 Å². The summed E-state index contributed by atoms with van der Waals surface area (Å²) in [5.74, 6) is 0.105. The number of carbonyl (C=O) groups excluding carboxylic acids is 1. The van der Waals surface area contributed by atoms with Crippen LogP contribution in [0.15, 0.2) is 18.2 Å². The molecular formula is C17H15FIN3O2S. The van der Waals surface area contributed by atoms with Crippen LogP contribution in [-0.4, -0.2) is 41.2 Å². The SMILES string of the molecule is COC(=O)n1c(-c2cc3c(s2)CCN(C)C3)nc2c(I)cc(F)cc21. The number of halogens is 2. The second kappa shape index (κ2) is 6.33. The molecule has 3 aromatic rings. The van der Waals surface area contributed by atoms with Gasteiger partial charge in [-0.1, -0.05) is 0 Å². The number of rotatable bonds is 1. The Morgan fingerprint density at radius 3 is 2.96 bits per heavy atom. The third-order valence-electron chi connectivity index (χ3n) is 4.31. The van der Waals surface area contributed by atoms with E-state index in [-0.39, 0.29) is 0 Å². The van der Waals surface area contributed by atoms with Crippen molar-refractivity contribution < 1.29 is 13.9 Å². The highest BCUT2D eigenvalue weighted by Crippen LogP contribution is 2.36. The molecule has 0 bridgehead atoms. The van der Waals surface area contributed by atoms with Crippen molar-refractivity contribution in [2.75, 3.05) is 20.7 Å². The van der Waals surface area contributed by atoms with E-state index in [4.69, 9.17) is 4.74 Å². The first-order valence-electron chi connectivity index (χ1n) is 7.74. The van der Waals surface area contributed by atoms with Gasteiger partial charge in [0.05, 0.1) is 17.5 Å². The van der Waals surface area contributed by atoms with E-state index in [1.165, 1.54) is 34.3 Å². The molecular weight excluding hydrogens is 456 g/mol. The Morgan fingerprint density at radius 2 is 2.20 bits per heavy atom. The molecule has 130 valence electrons. The van der Waals surface area contributed by atoms with Crippen LogP contribution < -0.4 is 0 Å². The molecule has 0 spiro atoms. The van der Waals surface area contributed by atoms with Crippen LogP contribution in [0.4, 0.5) is 9.18 Å². The molecule has 0 fully saturated rings. The number of nitrogens with zero attached hydrogens (tertiary/aromatic N) is 3. The number of imidazole rings is 1. The molecule has 0 unspecified atom stereocenters. The molecule has 0 amide bonds. The highest BCUT2D eigenvalue weighted by atomic mass is 127. The molecule has 1 aliphatic heterocycles.